The summed E-state index contributed by atoms with van der Waals surface area (Å²) in [4.78, 5) is 21.8. The van der Waals surface area contributed by atoms with Crippen molar-refractivity contribution in [2.24, 2.45) is 0 Å². The van der Waals surface area contributed by atoms with Crippen molar-refractivity contribution < 1.29 is 9.47 Å². The van der Waals surface area contributed by atoms with Gasteiger partial charge in [-0.25, -0.2) is 4.98 Å². The number of ether oxygens (including phenoxy) is 2. The topological polar surface area (TPSA) is 67.5 Å². The lowest BCUT2D eigenvalue weighted by atomic mass is 9.90. The Hall–Kier alpha value is -2.62. The number of aromatic nitrogens is 2. The van der Waals surface area contributed by atoms with Crippen molar-refractivity contribution in [3.05, 3.63) is 57.3 Å². The molecule has 6 heteroatoms. The van der Waals surface area contributed by atoms with Crippen molar-refractivity contribution in [2.75, 3.05) is 31.3 Å². The standard InChI is InChI=1S/C21H23N3O3/c1-14-8-15(2)18(22-10-14)5-4-17-9-19(20(25)23-11-17)24-6-7-27-21(16(24)3)12-26-13-21/h8-11,16H,6-7,12-13H2,1-3H3,(H,23,25)/t16-/m0/s1. The van der Waals surface area contributed by atoms with Crippen LogP contribution < -0.4 is 10.5 Å². The molecule has 140 valence electrons. The lowest BCUT2D eigenvalue weighted by molar-refractivity contribution is -0.228. The second kappa shape index (κ2) is 6.84. The largest absolute Gasteiger partial charge is 0.375 e. The highest BCUT2D eigenvalue weighted by Gasteiger charge is 2.50. The molecule has 2 aliphatic rings. The minimum Gasteiger partial charge on any atom is -0.375 e. The van der Waals surface area contributed by atoms with Crippen molar-refractivity contribution in [1.29, 1.82) is 0 Å². The molecule has 0 bridgehead atoms. The van der Waals surface area contributed by atoms with Crippen LogP contribution in [0.25, 0.3) is 0 Å². The van der Waals surface area contributed by atoms with Gasteiger partial charge >= 0.3 is 0 Å². The number of nitrogens with one attached hydrogen (secondary N) is 1. The van der Waals surface area contributed by atoms with Crippen LogP contribution in [-0.2, 0) is 9.47 Å². The predicted octanol–water partition coefficient (Wildman–Crippen LogP) is 1.78. The molecule has 0 saturated carbocycles. The van der Waals surface area contributed by atoms with Gasteiger partial charge in [0.1, 0.15) is 17.0 Å². The molecular formula is C21H23N3O3. The number of hydrogen-bond acceptors (Lipinski definition) is 5. The molecule has 1 spiro atoms. The van der Waals surface area contributed by atoms with Gasteiger partial charge < -0.3 is 19.4 Å². The Labute approximate surface area is 158 Å². The number of pyridine rings is 2. The number of H-pyrrole nitrogens is 1. The molecule has 2 saturated heterocycles. The van der Waals surface area contributed by atoms with Crippen LogP contribution in [0.5, 0.6) is 0 Å². The van der Waals surface area contributed by atoms with E-state index >= 15 is 0 Å². The van der Waals surface area contributed by atoms with Crippen molar-refractivity contribution in [3.8, 4) is 11.8 Å². The number of rotatable bonds is 1. The lowest BCUT2D eigenvalue weighted by Crippen LogP contribution is -2.68. The lowest BCUT2D eigenvalue weighted by Gasteiger charge is -2.53. The fourth-order valence-corrected chi connectivity index (χ4v) is 3.64. The average molecular weight is 365 g/mol. The molecule has 0 aliphatic carbocycles. The molecule has 2 aliphatic heterocycles. The molecule has 2 aromatic heterocycles. The van der Waals surface area contributed by atoms with Crippen LogP contribution in [0, 0.1) is 25.7 Å². The summed E-state index contributed by atoms with van der Waals surface area (Å²) >= 11 is 0. The van der Waals surface area contributed by atoms with Crippen LogP contribution in [0.1, 0.15) is 29.3 Å². The molecular weight excluding hydrogens is 342 g/mol. The van der Waals surface area contributed by atoms with E-state index in [-0.39, 0.29) is 17.2 Å². The highest BCUT2D eigenvalue weighted by atomic mass is 16.6. The number of aromatic amines is 1. The monoisotopic (exact) mass is 365 g/mol. The van der Waals surface area contributed by atoms with E-state index in [0.29, 0.717) is 32.1 Å². The summed E-state index contributed by atoms with van der Waals surface area (Å²) in [5, 5.41) is 0. The Kier molecular flexibility index (Phi) is 4.50. The molecule has 0 amide bonds. The molecule has 0 unspecified atom stereocenters. The zero-order chi connectivity index (χ0) is 19.0. The highest BCUT2D eigenvalue weighted by molar-refractivity contribution is 5.53. The van der Waals surface area contributed by atoms with Crippen LogP contribution in [0.2, 0.25) is 0 Å². The molecule has 0 radical (unpaired) electrons. The minimum atomic E-state index is -0.310. The first-order valence-electron chi connectivity index (χ1n) is 9.15. The van der Waals surface area contributed by atoms with Crippen LogP contribution >= 0.6 is 0 Å². The number of morpholine rings is 1. The summed E-state index contributed by atoms with van der Waals surface area (Å²) < 4.78 is 11.3. The Morgan fingerprint density at radius 2 is 2.11 bits per heavy atom. The summed E-state index contributed by atoms with van der Waals surface area (Å²) in [6.45, 7) is 8.48. The Balaban J connectivity index is 1.64. The molecule has 2 fully saturated rings. The van der Waals surface area contributed by atoms with Crippen LogP contribution in [0.4, 0.5) is 5.69 Å². The van der Waals surface area contributed by atoms with E-state index in [2.05, 4.69) is 39.7 Å². The van der Waals surface area contributed by atoms with Gasteiger partial charge in [0, 0.05) is 24.5 Å². The summed E-state index contributed by atoms with van der Waals surface area (Å²) in [5.74, 6) is 6.24. The molecule has 0 aromatic carbocycles. The maximum Gasteiger partial charge on any atom is 0.271 e. The zero-order valence-corrected chi connectivity index (χ0v) is 15.8. The van der Waals surface area contributed by atoms with Gasteiger partial charge in [0.15, 0.2) is 0 Å². The maximum absolute atomic E-state index is 12.5. The number of hydrogen-bond donors (Lipinski definition) is 1. The molecule has 6 nitrogen and oxygen atoms in total. The van der Waals surface area contributed by atoms with E-state index in [4.69, 9.17) is 9.47 Å². The molecule has 1 N–H and O–H groups in total. The molecule has 2 aromatic rings. The van der Waals surface area contributed by atoms with Gasteiger partial charge in [-0.2, -0.15) is 0 Å². The number of anilines is 1. The molecule has 4 rings (SSSR count). The van der Waals surface area contributed by atoms with Gasteiger partial charge in [0.05, 0.1) is 25.9 Å². The SMILES string of the molecule is Cc1cnc(C#Cc2c[nH]c(=O)c(N3CCOC4(COC4)[C@@H]3C)c2)c(C)c1. The van der Waals surface area contributed by atoms with E-state index in [1.807, 2.05) is 26.1 Å². The fourth-order valence-electron chi connectivity index (χ4n) is 3.64. The fraction of sp³-hybridized carbons (Fsp3) is 0.429. The van der Waals surface area contributed by atoms with Crippen molar-refractivity contribution in [1.82, 2.24) is 9.97 Å². The third kappa shape index (κ3) is 3.25. The predicted molar refractivity (Wildman–Crippen MR) is 103 cm³/mol. The third-order valence-corrected chi connectivity index (χ3v) is 5.38. The van der Waals surface area contributed by atoms with Gasteiger partial charge in [-0.3, -0.25) is 4.79 Å². The van der Waals surface area contributed by atoms with E-state index in [1.165, 1.54) is 0 Å². The quantitative estimate of drug-likeness (QED) is 0.781. The van der Waals surface area contributed by atoms with E-state index in [1.54, 1.807) is 6.20 Å². The highest BCUT2D eigenvalue weighted by Crippen LogP contribution is 2.34. The summed E-state index contributed by atoms with van der Waals surface area (Å²) in [7, 11) is 0. The van der Waals surface area contributed by atoms with Crippen LogP contribution in [-0.4, -0.2) is 48.0 Å². The smallest absolute Gasteiger partial charge is 0.271 e. The van der Waals surface area contributed by atoms with E-state index in [9.17, 15) is 4.79 Å². The summed E-state index contributed by atoms with van der Waals surface area (Å²) in [6.07, 6.45) is 3.46. The van der Waals surface area contributed by atoms with Gasteiger partial charge in [0.25, 0.3) is 5.56 Å². The first-order valence-corrected chi connectivity index (χ1v) is 9.15. The van der Waals surface area contributed by atoms with Crippen molar-refractivity contribution in [3.63, 3.8) is 0 Å². The maximum atomic E-state index is 12.5. The zero-order valence-electron chi connectivity index (χ0n) is 15.8. The van der Waals surface area contributed by atoms with Gasteiger partial charge in [0.2, 0.25) is 0 Å². The average Bonchev–Trinajstić information content (AvgIpc) is 2.61. The van der Waals surface area contributed by atoms with E-state index < -0.39 is 0 Å². The number of aryl methyl sites for hydroxylation is 2. The molecule has 27 heavy (non-hydrogen) atoms. The minimum absolute atomic E-state index is 0.0605. The van der Waals surface area contributed by atoms with E-state index in [0.717, 1.165) is 22.4 Å². The van der Waals surface area contributed by atoms with Crippen LogP contribution in [0.3, 0.4) is 0 Å². The van der Waals surface area contributed by atoms with Crippen molar-refractivity contribution in [2.45, 2.75) is 32.4 Å². The summed E-state index contributed by atoms with van der Waals surface area (Å²) in [5.41, 5.74) is 3.85. The Morgan fingerprint density at radius 3 is 2.81 bits per heavy atom. The number of nitrogens with zero attached hydrogens (tertiary/aromatic N) is 2. The first-order chi connectivity index (χ1) is 13.0. The van der Waals surface area contributed by atoms with Gasteiger partial charge in [-0.15, -0.1) is 0 Å². The van der Waals surface area contributed by atoms with Crippen LogP contribution in [0.15, 0.2) is 29.3 Å². The summed E-state index contributed by atoms with van der Waals surface area (Å²) in [6, 6.07) is 3.97. The first kappa shape index (κ1) is 17.8. The van der Waals surface area contributed by atoms with Gasteiger partial charge in [-0.1, -0.05) is 12.0 Å². The Morgan fingerprint density at radius 1 is 1.30 bits per heavy atom. The normalized spacial score (nSPS) is 20.7. The van der Waals surface area contributed by atoms with Gasteiger partial charge in [-0.05, 0) is 43.9 Å². The third-order valence-electron chi connectivity index (χ3n) is 5.38. The Bertz CT molecular complexity index is 982. The molecule has 4 heterocycles. The van der Waals surface area contributed by atoms with Crippen molar-refractivity contribution >= 4 is 5.69 Å². The second-order valence-electron chi connectivity index (χ2n) is 7.31. The second-order valence-corrected chi connectivity index (χ2v) is 7.31. The molecule has 1 atom stereocenters.